The fraction of sp³-hybridized carbons (Fsp3) is 0.636. The Bertz CT molecular complexity index is 715. The van der Waals surface area contributed by atoms with Gasteiger partial charge in [-0.2, -0.15) is 0 Å². The van der Waals surface area contributed by atoms with Crippen molar-refractivity contribution in [1.29, 1.82) is 0 Å². The van der Waals surface area contributed by atoms with Crippen molar-refractivity contribution in [3.05, 3.63) is 29.8 Å². The Morgan fingerprint density at radius 2 is 1.64 bits per heavy atom. The molecular formula is C22H29NO2. The lowest BCUT2D eigenvalue weighted by molar-refractivity contribution is -0.152. The highest BCUT2D eigenvalue weighted by Gasteiger charge is 2.61. The first kappa shape index (κ1) is 16.8. The van der Waals surface area contributed by atoms with Gasteiger partial charge in [0, 0.05) is 25.1 Å². The molecule has 2 aliphatic heterocycles. The van der Waals surface area contributed by atoms with Crippen LogP contribution in [0.3, 0.4) is 0 Å². The average Bonchev–Trinajstić information content (AvgIpc) is 2.51. The number of para-hydroxylation sites is 1. The van der Waals surface area contributed by atoms with Gasteiger partial charge in [0.15, 0.2) is 0 Å². The highest BCUT2D eigenvalue weighted by Crippen LogP contribution is 2.53. The lowest BCUT2D eigenvalue weighted by Crippen LogP contribution is -2.67. The zero-order valence-corrected chi connectivity index (χ0v) is 15.8. The Labute approximate surface area is 150 Å². The van der Waals surface area contributed by atoms with Crippen LogP contribution in [0.1, 0.15) is 52.5 Å². The first-order valence-electron chi connectivity index (χ1n) is 9.66. The number of hydrogen-bond donors (Lipinski definition) is 0. The van der Waals surface area contributed by atoms with Gasteiger partial charge in [-0.25, -0.2) is 0 Å². The Morgan fingerprint density at radius 3 is 2.32 bits per heavy atom. The molecule has 0 amide bonds. The van der Waals surface area contributed by atoms with E-state index in [4.69, 9.17) is 0 Å². The average molecular weight is 339 g/mol. The molecule has 0 radical (unpaired) electrons. The van der Waals surface area contributed by atoms with Crippen molar-refractivity contribution in [3.8, 4) is 0 Å². The molecule has 0 unspecified atom stereocenters. The lowest BCUT2D eigenvalue weighted by Gasteiger charge is -2.57. The molecule has 0 N–H and O–H groups in total. The lowest BCUT2D eigenvalue weighted by atomic mass is 9.54. The van der Waals surface area contributed by atoms with Crippen LogP contribution in [0.4, 0.5) is 5.69 Å². The number of nitrogens with zero attached hydrogens (tertiary/aromatic N) is 1. The number of ketones is 2. The molecule has 134 valence electrons. The zero-order valence-electron chi connectivity index (χ0n) is 15.8. The van der Waals surface area contributed by atoms with E-state index in [9.17, 15) is 9.59 Å². The van der Waals surface area contributed by atoms with Crippen molar-refractivity contribution in [3.63, 3.8) is 0 Å². The molecule has 2 heterocycles. The summed E-state index contributed by atoms with van der Waals surface area (Å²) < 4.78 is 0. The number of benzene rings is 1. The first-order chi connectivity index (χ1) is 11.7. The molecule has 0 aromatic heterocycles. The maximum absolute atomic E-state index is 13.4. The van der Waals surface area contributed by atoms with E-state index in [1.165, 1.54) is 11.3 Å². The molecule has 0 bridgehead atoms. The molecule has 3 atom stereocenters. The van der Waals surface area contributed by atoms with Crippen molar-refractivity contribution in [2.45, 2.75) is 59.4 Å². The van der Waals surface area contributed by atoms with Crippen LogP contribution >= 0.6 is 0 Å². The number of fused-ring (bicyclic) bond motifs is 4. The largest absolute Gasteiger partial charge is 0.366 e. The molecule has 1 saturated carbocycles. The van der Waals surface area contributed by atoms with Gasteiger partial charge in [0.25, 0.3) is 0 Å². The second-order valence-electron chi connectivity index (χ2n) is 9.56. The number of carbonyl (C=O) groups excluding carboxylic acids is 2. The van der Waals surface area contributed by atoms with E-state index in [0.29, 0.717) is 31.1 Å². The minimum absolute atomic E-state index is 0.0229. The van der Waals surface area contributed by atoms with E-state index in [1.54, 1.807) is 0 Å². The van der Waals surface area contributed by atoms with Crippen molar-refractivity contribution >= 4 is 17.3 Å². The fourth-order valence-electron chi connectivity index (χ4n) is 5.87. The highest BCUT2D eigenvalue weighted by atomic mass is 16.2. The molecule has 3 aliphatic rings. The first-order valence-corrected chi connectivity index (χ1v) is 9.66. The number of rotatable bonds is 0. The molecular weight excluding hydrogens is 310 g/mol. The summed E-state index contributed by atoms with van der Waals surface area (Å²) in [6, 6.07) is 8.41. The molecule has 1 aromatic rings. The van der Waals surface area contributed by atoms with Gasteiger partial charge in [0.2, 0.25) is 0 Å². The topological polar surface area (TPSA) is 37.4 Å². The summed E-state index contributed by atoms with van der Waals surface area (Å²) in [7, 11) is 0. The number of carbonyl (C=O) groups is 2. The third kappa shape index (κ3) is 2.38. The van der Waals surface area contributed by atoms with Crippen molar-refractivity contribution in [2.75, 3.05) is 11.4 Å². The number of Topliss-reactive ketones (excluding diaryl/α,β-unsaturated/α-hetero) is 2. The second-order valence-corrected chi connectivity index (χ2v) is 9.56. The minimum Gasteiger partial charge on any atom is -0.366 e. The molecule has 1 aliphatic carbocycles. The maximum Gasteiger partial charge on any atom is 0.149 e. The van der Waals surface area contributed by atoms with Crippen LogP contribution < -0.4 is 4.90 Å². The number of hydrogen-bond acceptors (Lipinski definition) is 3. The van der Waals surface area contributed by atoms with Crippen LogP contribution in [-0.4, -0.2) is 24.2 Å². The van der Waals surface area contributed by atoms with Crippen LogP contribution in [0.5, 0.6) is 0 Å². The van der Waals surface area contributed by atoms with E-state index in [2.05, 4.69) is 50.8 Å². The summed E-state index contributed by atoms with van der Waals surface area (Å²) in [6.45, 7) is 9.57. The summed E-state index contributed by atoms with van der Waals surface area (Å²) >= 11 is 0. The second kappa shape index (κ2) is 5.43. The van der Waals surface area contributed by atoms with Gasteiger partial charge in [-0.05, 0) is 41.7 Å². The van der Waals surface area contributed by atoms with Crippen molar-refractivity contribution in [2.24, 2.45) is 22.7 Å². The zero-order chi connectivity index (χ0) is 18.0. The summed E-state index contributed by atoms with van der Waals surface area (Å²) in [5.74, 6) is 1.30. The third-order valence-electron chi connectivity index (χ3n) is 6.71. The van der Waals surface area contributed by atoms with Crippen molar-refractivity contribution < 1.29 is 9.59 Å². The number of anilines is 1. The van der Waals surface area contributed by atoms with Crippen LogP contribution in [0, 0.1) is 22.7 Å². The Balaban J connectivity index is 1.89. The van der Waals surface area contributed by atoms with E-state index in [1.807, 2.05) is 6.07 Å². The van der Waals surface area contributed by atoms with E-state index in [0.717, 1.165) is 13.0 Å². The Morgan fingerprint density at radius 1 is 1.00 bits per heavy atom. The maximum atomic E-state index is 13.4. The third-order valence-corrected chi connectivity index (χ3v) is 6.71. The van der Waals surface area contributed by atoms with Crippen LogP contribution in [-0.2, 0) is 16.0 Å². The van der Waals surface area contributed by atoms with Gasteiger partial charge in [-0.1, -0.05) is 45.9 Å². The van der Waals surface area contributed by atoms with Crippen LogP contribution in [0.25, 0.3) is 0 Å². The van der Waals surface area contributed by atoms with Crippen molar-refractivity contribution in [1.82, 2.24) is 0 Å². The Hall–Kier alpha value is -1.64. The van der Waals surface area contributed by atoms with Gasteiger partial charge >= 0.3 is 0 Å². The Kier molecular flexibility index (Phi) is 3.65. The predicted molar refractivity (Wildman–Crippen MR) is 99.7 cm³/mol. The van der Waals surface area contributed by atoms with E-state index < -0.39 is 5.41 Å². The fourth-order valence-corrected chi connectivity index (χ4v) is 5.87. The van der Waals surface area contributed by atoms with Gasteiger partial charge in [-0.3, -0.25) is 9.59 Å². The summed E-state index contributed by atoms with van der Waals surface area (Å²) in [5.41, 5.74) is 1.37. The van der Waals surface area contributed by atoms with Gasteiger partial charge in [0.05, 0.1) is 6.04 Å². The standard InChI is InChI=1S/C22H29NO2/c1-14-9-15(2)20-22(18(24)11-21(3,4)12-19(22)25)10-16-7-5-6-8-17(16)23(20)13-14/h5-8,14-15,20H,9-13H2,1-4H3/t14-,15+,20+/m0/s1. The van der Waals surface area contributed by atoms with Gasteiger partial charge in [-0.15, -0.1) is 0 Å². The molecule has 3 nitrogen and oxygen atoms in total. The molecule has 1 aromatic carbocycles. The SMILES string of the molecule is C[C@H]1C[C@@H](C)[C@H]2N(C1)c1ccccc1CC21C(=O)CC(C)(C)CC1=O. The quantitative estimate of drug-likeness (QED) is 0.670. The highest BCUT2D eigenvalue weighted by molar-refractivity contribution is 6.11. The van der Waals surface area contributed by atoms with Crippen LogP contribution in [0.15, 0.2) is 24.3 Å². The summed E-state index contributed by atoms with van der Waals surface area (Å²) in [5, 5.41) is 0. The molecule has 3 heteroatoms. The van der Waals surface area contributed by atoms with Crippen LogP contribution in [0.2, 0.25) is 0 Å². The van der Waals surface area contributed by atoms with Gasteiger partial charge < -0.3 is 4.90 Å². The minimum atomic E-state index is -0.830. The van der Waals surface area contributed by atoms with Gasteiger partial charge in [0.1, 0.15) is 17.0 Å². The molecule has 2 fully saturated rings. The monoisotopic (exact) mass is 339 g/mol. The molecule has 1 saturated heterocycles. The normalized spacial score (nSPS) is 33.1. The summed E-state index contributed by atoms with van der Waals surface area (Å²) in [4.78, 5) is 29.3. The molecule has 25 heavy (non-hydrogen) atoms. The predicted octanol–water partition coefficient (Wildman–Crippen LogP) is 4.04. The smallest absolute Gasteiger partial charge is 0.149 e. The molecule has 4 rings (SSSR count). The van der Waals surface area contributed by atoms with E-state index in [-0.39, 0.29) is 23.0 Å². The van der Waals surface area contributed by atoms with E-state index >= 15 is 0 Å². The summed E-state index contributed by atoms with van der Waals surface area (Å²) in [6.07, 6.45) is 2.73. The number of piperidine rings is 1. The molecule has 1 spiro atoms.